The summed E-state index contributed by atoms with van der Waals surface area (Å²) in [7, 11) is 9.60. The summed E-state index contributed by atoms with van der Waals surface area (Å²) in [6, 6.07) is 3.65. The average molecular weight is 659 g/mol. The Morgan fingerprint density at radius 1 is 0.583 bits per heavy atom. The van der Waals surface area contributed by atoms with Gasteiger partial charge in [0.25, 0.3) is 0 Å². The zero-order valence-corrected chi connectivity index (χ0v) is 28.7. The molecular formula is C38H46N2O8. The molecule has 1 saturated carbocycles. The van der Waals surface area contributed by atoms with Gasteiger partial charge in [0.2, 0.25) is 23.3 Å². The molecule has 48 heavy (non-hydrogen) atoms. The van der Waals surface area contributed by atoms with Crippen LogP contribution in [0.5, 0.6) is 34.5 Å². The lowest BCUT2D eigenvalue weighted by Gasteiger charge is -2.32. The van der Waals surface area contributed by atoms with Crippen LogP contribution in [0.1, 0.15) is 60.8 Å². The molecule has 0 radical (unpaired) electrons. The van der Waals surface area contributed by atoms with Gasteiger partial charge in [0.1, 0.15) is 0 Å². The first-order valence-corrected chi connectivity index (χ1v) is 16.4. The Morgan fingerprint density at radius 2 is 0.979 bits per heavy atom. The molecule has 3 aliphatic carbocycles. The molecule has 5 rings (SSSR count). The Bertz CT molecular complexity index is 1530. The zero-order chi connectivity index (χ0) is 34.2. The van der Waals surface area contributed by atoms with Crippen molar-refractivity contribution in [3.8, 4) is 34.5 Å². The van der Waals surface area contributed by atoms with Crippen LogP contribution >= 0.6 is 0 Å². The average Bonchev–Trinajstić information content (AvgIpc) is 3.11. The van der Waals surface area contributed by atoms with Gasteiger partial charge in [-0.1, -0.05) is 25.0 Å². The highest BCUT2D eigenvalue weighted by atomic mass is 16.5. The van der Waals surface area contributed by atoms with Gasteiger partial charge < -0.3 is 39.1 Å². The van der Waals surface area contributed by atoms with Gasteiger partial charge in [0, 0.05) is 35.4 Å². The second-order valence-electron chi connectivity index (χ2n) is 12.1. The van der Waals surface area contributed by atoms with E-state index in [9.17, 15) is 9.59 Å². The molecule has 2 N–H and O–H groups in total. The summed E-state index contributed by atoms with van der Waals surface area (Å²) in [5.74, 6) is 3.20. The van der Waals surface area contributed by atoms with E-state index in [0.717, 1.165) is 84.8 Å². The summed E-state index contributed by atoms with van der Waals surface area (Å²) in [6.45, 7) is 0. The highest BCUT2D eigenvalue weighted by molar-refractivity contribution is 5.90. The number of carbonyl (C=O) groups is 2. The topological polar surface area (TPSA) is 114 Å². The molecule has 2 atom stereocenters. The number of methoxy groups -OCH3 is 6. The maximum absolute atomic E-state index is 13.1. The highest BCUT2D eigenvalue weighted by Crippen LogP contribution is 2.46. The van der Waals surface area contributed by atoms with Gasteiger partial charge in [-0.25, -0.2) is 0 Å². The Labute approximate surface area is 282 Å². The van der Waals surface area contributed by atoms with Gasteiger partial charge in [0.15, 0.2) is 23.0 Å². The first kappa shape index (κ1) is 34.5. The molecular weight excluding hydrogens is 612 g/mol. The molecule has 2 amide bonds. The fraction of sp³-hybridized carbons (Fsp3) is 0.421. The molecule has 256 valence electrons. The van der Waals surface area contributed by atoms with Gasteiger partial charge in [-0.3, -0.25) is 9.59 Å². The maximum atomic E-state index is 13.1. The molecule has 10 heteroatoms. The lowest BCUT2D eigenvalue weighted by Crippen LogP contribution is -2.52. The van der Waals surface area contributed by atoms with E-state index in [1.54, 1.807) is 54.8 Å². The Balaban J connectivity index is 1.22. The van der Waals surface area contributed by atoms with E-state index in [1.807, 2.05) is 36.4 Å². The fourth-order valence-corrected chi connectivity index (χ4v) is 6.83. The molecule has 10 nitrogen and oxygen atoms in total. The van der Waals surface area contributed by atoms with Crippen LogP contribution in [0.15, 0.2) is 47.6 Å². The van der Waals surface area contributed by atoms with Gasteiger partial charge in [-0.05, 0) is 85.1 Å². The number of fused-ring (bicyclic) bond motifs is 2. The lowest BCUT2D eigenvalue weighted by atomic mass is 9.89. The molecule has 0 spiro atoms. The number of benzene rings is 2. The Kier molecular flexibility index (Phi) is 11.4. The van der Waals surface area contributed by atoms with Crippen LogP contribution in [-0.4, -0.2) is 66.6 Å². The van der Waals surface area contributed by atoms with Gasteiger partial charge >= 0.3 is 0 Å². The van der Waals surface area contributed by atoms with E-state index in [4.69, 9.17) is 28.4 Å². The SMILES string of the molecule is COc1cc2c(c(OC)c1OC)C=C(C=CC(=O)N[C@@H]1CCCC[C@H]1NC(=O)C=CC1=Cc3c(cc(OC)c(OC)c3OC)CC1)CC2. The van der Waals surface area contributed by atoms with Crippen LogP contribution in [0.4, 0.5) is 0 Å². The number of hydrogen-bond acceptors (Lipinski definition) is 8. The van der Waals surface area contributed by atoms with Crippen LogP contribution in [0.25, 0.3) is 12.2 Å². The first-order chi connectivity index (χ1) is 23.3. The lowest BCUT2D eigenvalue weighted by molar-refractivity contribution is -0.120. The minimum absolute atomic E-state index is 0.154. The second-order valence-corrected chi connectivity index (χ2v) is 12.1. The van der Waals surface area contributed by atoms with E-state index in [0.29, 0.717) is 34.5 Å². The molecule has 0 heterocycles. The molecule has 0 unspecified atom stereocenters. The normalized spacial score (nSPS) is 18.6. The van der Waals surface area contributed by atoms with E-state index >= 15 is 0 Å². The number of amides is 2. The fourth-order valence-electron chi connectivity index (χ4n) is 6.83. The quantitative estimate of drug-likeness (QED) is 0.277. The number of ether oxygens (including phenoxy) is 6. The third kappa shape index (κ3) is 7.48. The number of allylic oxidation sites excluding steroid dienone is 4. The van der Waals surface area contributed by atoms with E-state index in [-0.39, 0.29) is 23.9 Å². The largest absolute Gasteiger partial charge is 0.493 e. The Morgan fingerprint density at radius 3 is 1.33 bits per heavy atom. The van der Waals surface area contributed by atoms with Crippen molar-refractivity contribution < 1.29 is 38.0 Å². The molecule has 0 aromatic heterocycles. The first-order valence-electron chi connectivity index (χ1n) is 16.4. The summed E-state index contributed by atoms with van der Waals surface area (Å²) in [6.07, 6.45) is 17.6. The third-order valence-corrected chi connectivity index (χ3v) is 9.25. The van der Waals surface area contributed by atoms with Crippen LogP contribution < -0.4 is 39.1 Å². The number of aryl methyl sites for hydroxylation is 2. The molecule has 1 fully saturated rings. The minimum atomic E-state index is -0.185. The molecule has 0 saturated heterocycles. The predicted molar refractivity (Wildman–Crippen MR) is 185 cm³/mol. The van der Waals surface area contributed by atoms with Crippen LogP contribution in [0, 0.1) is 0 Å². The van der Waals surface area contributed by atoms with E-state index < -0.39 is 0 Å². The van der Waals surface area contributed by atoms with Crippen LogP contribution in [0.3, 0.4) is 0 Å². The third-order valence-electron chi connectivity index (χ3n) is 9.25. The van der Waals surface area contributed by atoms with Crippen LogP contribution in [-0.2, 0) is 22.4 Å². The highest BCUT2D eigenvalue weighted by Gasteiger charge is 2.28. The maximum Gasteiger partial charge on any atom is 0.244 e. The van der Waals surface area contributed by atoms with Crippen molar-refractivity contribution in [1.82, 2.24) is 10.6 Å². The summed E-state index contributed by atoms with van der Waals surface area (Å²) in [5.41, 5.74) is 6.08. The van der Waals surface area contributed by atoms with E-state index in [2.05, 4.69) is 10.6 Å². The standard InChI is InChI=1S/C38H46N2O8/c1-43-31-21-25-15-11-23(19-27(25)35(45-3)37(31)47-5)13-17-33(41)39-29-9-7-8-10-30(29)40-34(42)18-14-24-12-16-26-22-32(44-2)38(48-6)36(46-4)28(26)20-24/h13-14,17-22,29-30H,7-12,15-16H2,1-6H3,(H,39,41)(H,40,42)/t29-,30-/m1/s1. The number of nitrogens with one attached hydrogen (secondary N) is 2. The van der Waals surface area contributed by atoms with Crippen molar-refractivity contribution in [3.05, 3.63) is 69.8 Å². The molecule has 0 aliphatic heterocycles. The zero-order valence-electron chi connectivity index (χ0n) is 28.7. The molecule has 3 aliphatic rings. The van der Waals surface area contributed by atoms with Crippen molar-refractivity contribution in [3.63, 3.8) is 0 Å². The monoisotopic (exact) mass is 658 g/mol. The summed E-state index contributed by atoms with van der Waals surface area (Å²) in [5, 5.41) is 6.28. The smallest absolute Gasteiger partial charge is 0.244 e. The summed E-state index contributed by atoms with van der Waals surface area (Å²) < 4.78 is 33.4. The summed E-state index contributed by atoms with van der Waals surface area (Å²) >= 11 is 0. The molecule has 2 aromatic carbocycles. The molecule has 0 bridgehead atoms. The van der Waals surface area contributed by atoms with Crippen molar-refractivity contribution in [1.29, 1.82) is 0 Å². The van der Waals surface area contributed by atoms with E-state index in [1.165, 1.54) is 0 Å². The minimum Gasteiger partial charge on any atom is -0.493 e. The van der Waals surface area contributed by atoms with Crippen molar-refractivity contribution >= 4 is 24.0 Å². The van der Waals surface area contributed by atoms with Crippen molar-refractivity contribution in [2.75, 3.05) is 42.7 Å². The number of carbonyl (C=O) groups excluding carboxylic acids is 2. The number of hydrogen-bond donors (Lipinski definition) is 2. The van der Waals surface area contributed by atoms with Crippen molar-refractivity contribution in [2.24, 2.45) is 0 Å². The Hall–Kier alpha value is -4.86. The van der Waals surface area contributed by atoms with Gasteiger partial charge in [0.05, 0.1) is 42.7 Å². The van der Waals surface area contributed by atoms with Crippen molar-refractivity contribution in [2.45, 2.75) is 63.5 Å². The second kappa shape index (κ2) is 15.8. The van der Waals surface area contributed by atoms with Gasteiger partial charge in [-0.2, -0.15) is 0 Å². The summed E-state index contributed by atoms with van der Waals surface area (Å²) in [4.78, 5) is 26.1. The van der Waals surface area contributed by atoms with Gasteiger partial charge in [-0.15, -0.1) is 0 Å². The molecule has 2 aromatic rings. The van der Waals surface area contributed by atoms with Crippen LogP contribution in [0.2, 0.25) is 0 Å². The predicted octanol–water partition coefficient (Wildman–Crippen LogP) is 5.75. The number of rotatable bonds is 12.